The summed E-state index contributed by atoms with van der Waals surface area (Å²) in [6, 6.07) is 7.37. The number of hydrogen-bond acceptors (Lipinski definition) is 2. The van der Waals surface area contributed by atoms with E-state index in [9.17, 15) is 4.79 Å². The number of ketones is 1. The SMILES string of the molecule is C=CC(=O)c1c[nH]c2cccc(C#N)c12. The molecule has 0 spiro atoms. The monoisotopic (exact) mass is 196 g/mol. The van der Waals surface area contributed by atoms with Gasteiger partial charge in [-0.25, -0.2) is 0 Å². The Morgan fingerprint density at radius 1 is 1.53 bits per heavy atom. The lowest BCUT2D eigenvalue weighted by Crippen LogP contribution is -1.92. The van der Waals surface area contributed by atoms with Crippen molar-refractivity contribution in [2.24, 2.45) is 0 Å². The van der Waals surface area contributed by atoms with Gasteiger partial charge in [-0.15, -0.1) is 0 Å². The smallest absolute Gasteiger partial charge is 0.187 e. The van der Waals surface area contributed by atoms with E-state index in [0.717, 1.165) is 5.52 Å². The Bertz CT molecular complexity index is 587. The molecule has 0 bridgehead atoms. The molecule has 1 N–H and O–H groups in total. The van der Waals surface area contributed by atoms with Gasteiger partial charge in [-0.1, -0.05) is 12.6 Å². The number of nitrogens with one attached hydrogen (secondary N) is 1. The summed E-state index contributed by atoms with van der Waals surface area (Å²) in [5.74, 6) is -0.177. The Balaban J connectivity index is 2.84. The van der Waals surface area contributed by atoms with Crippen molar-refractivity contribution in [1.82, 2.24) is 4.98 Å². The molecule has 2 aromatic rings. The predicted molar refractivity (Wildman–Crippen MR) is 57.5 cm³/mol. The van der Waals surface area contributed by atoms with Crippen LogP contribution in [0.5, 0.6) is 0 Å². The first-order valence-corrected chi connectivity index (χ1v) is 4.45. The molecule has 0 saturated carbocycles. The fraction of sp³-hybridized carbons (Fsp3) is 0. The van der Waals surface area contributed by atoms with Crippen LogP contribution in [0.3, 0.4) is 0 Å². The summed E-state index contributed by atoms with van der Waals surface area (Å²) in [5, 5.41) is 9.60. The van der Waals surface area contributed by atoms with Gasteiger partial charge in [-0.2, -0.15) is 5.26 Å². The fourth-order valence-corrected chi connectivity index (χ4v) is 1.58. The van der Waals surface area contributed by atoms with Gasteiger partial charge in [-0.05, 0) is 18.2 Å². The van der Waals surface area contributed by atoms with Crippen molar-refractivity contribution in [3.63, 3.8) is 0 Å². The minimum absolute atomic E-state index is 0.177. The number of allylic oxidation sites excluding steroid dienone is 1. The van der Waals surface area contributed by atoms with Gasteiger partial charge < -0.3 is 4.98 Å². The lowest BCUT2D eigenvalue weighted by molar-refractivity contribution is 0.104. The topological polar surface area (TPSA) is 56.6 Å². The molecular formula is C12H8N2O. The first-order valence-electron chi connectivity index (χ1n) is 4.45. The van der Waals surface area contributed by atoms with Crippen LogP contribution in [-0.4, -0.2) is 10.8 Å². The van der Waals surface area contributed by atoms with Crippen LogP contribution >= 0.6 is 0 Å². The van der Waals surface area contributed by atoms with Crippen LogP contribution in [0.2, 0.25) is 0 Å². The van der Waals surface area contributed by atoms with Crippen LogP contribution in [0, 0.1) is 11.3 Å². The van der Waals surface area contributed by atoms with Gasteiger partial charge in [0.15, 0.2) is 5.78 Å². The summed E-state index contributed by atoms with van der Waals surface area (Å²) < 4.78 is 0. The lowest BCUT2D eigenvalue weighted by Gasteiger charge is -1.95. The van der Waals surface area contributed by atoms with Crippen molar-refractivity contribution in [3.05, 3.63) is 48.2 Å². The molecule has 0 unspecified atom stereocenters. The van der Waals surface area contributed by atoms with E-state index in [-0.39, 0.29) is 5.78 Å². The third-order valence-corrected chi connectivity index (χ3v) is 2.28. The molecule has 15 heavy (non-hydrogen) atoms. The van der Waals surface area contributed by atoms with Gasteiger partial charge in [0.25, 0.3) is 0 Å². The number of carbonyl (C=O) groups excluding carboxylic acids is 1. The molecule has 3 nitrogen and oxygen atoms in total. The molecule has 0 aliphatic heterocycles. The number of fused-ring (bicyclic) bond motifs is 1. The molecule has 0 aliphatic carbocycles. The standard InChI is InChI=1S/C12H8N2O/c1-2-11(15)9-7-14-10-5-3-4-8(6-13)12(9)10/h2-5,7,14H,1H2. The van der Waals surface area contributed by atoms with Crippen LogP contribution in [0.15, 0.2) is 37.1 Å². The van der Waals surface area contributed by atoms with Crippen LogP contribution in [0.4, 0.5) is 0 Å². The van der Waals surface area contributed by atoms with Gasteiger partial charge in [-0.3, -0.25) is 4.79 Å². The number of nitrogens with zero attached hydrogens (tertiary/aromatic N) is 1. The number of carbonyl (C=O) groups is 1. The summed E-state index contributed by atoms with van der Waals surface area (Å²) in [6.07, 6.45) is 2.85. The van der Waals surface area contributed by atoms with E-state index in [4.69, 9.17) is 5.26 Å². The number of hydrogen-bond donors (Lipinski definition) is 1. The van der Waals surface area contributed by atoms with Gasteiger partial charge >= 0.3 is 0 Å². The zero-order valence-electron chi connectivity index (χ0n) is 7.95. The zero-order valence-corrected chi connectivity index (χ0v) is 7.95. The second-order valence-corrected chi connectivity index (χ2v) is 3.11. The Morgan fingerprint density at radius 3 is 3.00 bits per heavy atom. The Kier molecular flexibility index (Phi) is 2.11. The molecule has 0 atom stereocenters. The number of nitriles is 1. The normalized spacial score (nSPS) is 9.80. The van der Waals surface area contributed by atoms with Crippen molar-refractivity contribution in [1.29, 1.82) is 5.26 Å². The van der Waals surface area contributed by atoms with Crippen molar-refractivity contribution in [2.75, 3.05) is 0 Å². The second-order valence-electron chi connectivity index (χ2n) is 3.11. The van der Waals surface area contributed by atoms with Crippen molar-refractivity contribution >= 4 is 16.7 Å². The quantitative estimate of drug-likeness (QED) is 0.592. The highest BCUT2D eigenvalue weighted by Crippen LogP contribution is 2.22. The summed E-state index contributed by atoms with van der Waals surface area (Å²) >= 11 is 0. The van der Waals surface area contributed by atoms with Crippen LogP contribution in [0.1, 0.15) is 15.9 Å². The number of benzene rings is 1. The number of aromatic amines is 1. The molecule has 1 aromatic carbocycles. The van der Waals surface area contributed by atoms with Gasteiger partial charge in [0.2, 0.25) is 0 Å². The average molecular weight is 196 g/mol. The van der Waals surface area contributed by atoms with Gasteiger partial charge in [0.1, 0.15) is 0 Å². The first kappa shape index (κ1) is 9.22. The number of H-pyrrole nitrogens is 1. The average Bonchev–Trinajstić information content (AvgIpc) is 2.71. The van der Waals surface area contributed by atoms with Crippen molar-refractivity contribution < 1.29 is 4.79 Å². The Morgan fingerprint density at radius 2 is 2.33 bits per heavy atom. The molecule has 0 saturated heterocycles. The minimum atomic E-state index is -0.177. The summed E-state index contributed by atoms with van der Waals surface area (Å²) in [7, 11) is 0. The van der Waals surface area contributed by atoms with Crippen LogP contribution in [-0.2, 0) is 0 Å². The summed E-state index contributed by atoms with van der Waals surface area (Å²) in [5.41, 5.74) is 1.79. The molecule has 1 aromatic heterocycles. The third-order valence-electron chi connectivity index (χ3n) is 2.28. The molecule has 1 heterocycles. The maximum absolute atomic E-state index is 11.5. The Labute approximate surface area is 86.6 Å². The van der Waals surface area contributed by atoms with Crippen LogP contribution < -0.4 is 0 Å². The summed E-state index contributed by atoms with van der Waals surface area (Å²) in [4.78, 5) is 14.5. The van der Waals surface area contributed by atoms with Crippen molar-refractivity contribution in [2.45, 2.75) is 0 Å². The fourth-order valence-electron chi connectivity index (χ4n) is 1.58. The predicted octanol–water partition coefficient (Wildman–Crippen LogP) is 2.41. The van der Waals surface area contributed by atoms with E-state index in [0.29, 0.717) is 16.5 Å². The summed E-state index contributed by atoms with van der Waals surface area (Å²) in [6.45, 7) is 3.43. The first-order chi connectivity index (χ1) is 7.27. The van der Waals surface area contributed by atoms with E-state index in [1.807, 2.05) is 6.07 Å². The van der Waals surface area contributed by atoms with Gasteiger partial charge in [0.05, 0.1) is 11.6 Å². The van der Waals surface area contributed by atoms with E-state index in [1.165, 1.54) is 6.08 Å². The van der Waals surface area contributed by atoms with Crippen LogP contribution in [0.25, 0.3) is 10.9 Å². The molecule has 0 fully saturated rings. The molecule has 2 rings (SSSR count). The Hall–Kier alpha value is -2.34. The van der Waals surface area contributed by atoms with E-state index in [2.05, 4.69) is 17.6 Å². The third kappa shape index (κ3) is 1.32. The van der Waals surface area contributed by atoms with Gasteiger partial charge in [0, 0.05) is 22.7 Å². The minimum Gasteiger partial charge on any atom is -0.360 e. The molecular weight excluding hydrogens is 188 g/mol. The highest BCUT2D eigenvalue weighted by molar-refractivity contribution is 6.14. The second kappa shape index (κ2) is 3.43. The number of rotatable bonds is 2. The van der Waals surface area contributed by atoms with E-state index < -0.39 is 0 Å². The van der Waals surface area contributed by atoms with E-state index in [1.54, 1.807) is 18.3 Å². The molecule has 0 radical (unpaired) electrons. The number of aromatic nitrogens is 1. The van der Waals surface area contributed by atoms with E-state index >= 15 is 0 Å². The lowest BCUT2D eigenvalue weighted by atomic mass is 10.0. The molecule has 72 valence electrons. The van der Waals surface area contributed by atoms with Crippen molar-refractivity contribution in [3.8, 4) is 6.07 Å². The highest BCUT2D eigenvalue weighted by Gasteiger charge is 2.11. The molecule has 0 amide bonds. The largest absolute Gasteiger partial charge is 0.360 e. The zero-order chi connectivity index (χ0) is 10.8. The molecule has 3 heteroatoms. The molecule has 0 aliphatic rings. The maximum atomic E-state index is 11.5. The maximum Gasteiger partial charge on any atom is 0.187 e. The highest BCUT2D eigenvalue weighted by atomic mass is 16.1.